The fraction of sp³-hybridized carbons (Fsp3) is 0.625. The third kappa shape index (κ3) is 1.87. The van der Waals surface area contributed by atoms with Crippen LogP contribution in [0.1, 0.15) is 20.3 Å². The summed E-state index contributed by atoms with van der Waals surface area (Å²) < 4.78 is 0. The van der Waals surface area contributed by atoms with Crippen molar-refractivity contribution in [1.82, 2.24) is 0 Å². The molecule has 1 nitrogen and oxygen atoms in total. The molecule has 1 aliphatic rings. The highest BCUT2D eigenvalue weighted by molar-refractivity contribution is 8.02. The molecule has 0 fully saturated rings. The Hall–Kier alpha value is -0.240. The molecule has 1 rings (SSSR count). The normalized spacial score (nSPS) is 25.9. The monoisotopic (exact) mass is 156 g/mol. The van der Waals surface area contributed by atoms with Crippen LogP contribution in [0.3, 0.4) is 0 Å². The summed E-state index contributed by atoms with van der Waals surface area (Å²) in [5.41, 5.74) is 0. The summed E-state index contributed by atoms with van der Waals surface area (Å²) in [5.74, 6) is 0.886. The van der Waals surface area contributed by atoms with Crippen LogP contribution in [0.5, 0.6) is 0 Å². The van der Waals surface area contributed by atoms with E-state index in [9.17, 15) is 4.79 Å². The van der Waals surface area contributed by atoms with E-state index in [1.54, 1.807) is 17.8 Å². The van der Waals surface area contributed by atoms with Crippen molar-refractivity contribution in [3.8, 4) is 0 Å². The first-order valence-corrected chi connectivity index (χ1v) is 4.49. The molecule has 0 spiro atoms. The molecular formula is C8H12OS. The van der Waals surface area contributed by atoms with Gasteiger partial charge >= 0.3 is 0 Å². The average Bonchev–Trinajstić information content (AvgIpc) is 1.88. The zero-order chi connectivity index (χ0) is 7.56. The number of hydrogen-bond acceptors (Lipinski definition) is 2. The summed E-state index contributed by atoms with van der Waals surface area (Å²) in [6.07, 6.45) is 2.39. The molecular weight excluding hydrogens is 144 g/mol. The van der Waals surface area contributed by atoms with Crippen LogP contribution >= 0.6 is 11.8 Å². The quantitative estimate of drug-likeness (QED) is 0.579. The molecule has 0 aliphatic carbocycles. The molecule has 0 saturated heterocycles. The molecule has 0 aromatic heterocycles. The fourth-order valence-electron chi connectivity index (χ4n) is 0.923. The van der Waals surface area contributed by atoms with E-state index in [1.165, 1.54) is 0 Å². The first kappa shape index (κ1) is 7.86. The van der Waals surface area contributed by atoms with E-state index in [0.717, 1.165) is 6.42 Å². The Morgan fingerprint density at radius 1 is 1.70 bits per heavy atom. The molecule has 0 bridgehead atoms. The second-order valence-corrected chi connectivity index (χ2v) is 4.04. The lowest BCUT2D eigenvalue weighted by Crippen LogP contribution is -2.17. The van der Waals surface area contributed by atoms with Crippen molar-refractivity contribution in [3.05, 3.63) is 11.5 Å². The van der Waals surface area contributed by atoms with Crippen molar-refractivity contribution in [2.45, 2.75) is 25.5 Å². The molecule has 1 unspecified atom stereocenters. The van der Waals surface area contributed by atoms with Gasteiger partial charge in [0.25, 0.3) is 0 Å². The van der Waals surface area contributed by atoms with Gasteiger partial charge < -0.3 is 0 Å². The number of rotatable bonds is 1. The Labute approximate surface area is 65.9 Å². The number of thioether (sulfide) groups is 1. The lowest BCUT2D eigenvalue weighted by Gasteiger charge is -2.19. The summed E-state index contributed by atoms with van der Waals surface area (Å²) in [6, 6.07) is 0. The molecule has 0 N–H and O–H groups in total. The van der Waals surface area contributed by atoms with Gasteiger partial charge in [0.05, 0.1) is 0 Å². The molecule has 2 heteroatoms. The van der Waals surface area contributed by atoms with E-state index in [4.69, 9.17) is 0 Å². The zero-order valence-electron chi connectivity index (χ0n) is 6.33. The first-order valence-electron chi connectivity index (χ1n) is 3.55. The molecule has 56 valence electrons. The van der Waals surface area contributed by atoms with Crippen molar-refractivity contribution < 1.29 is 4.79 Å². The predicted molar refractivity (Wildman–Crippen MR) is 45.0 cm³/mol. The third-order valence-corrected chi connectivity index (χ3v) is 3.01. The maximum Gasteiger partial charge on any atom is 0.157 e. The molecule has 0 radical (unpaired) electrons. The summed E-state index contributed by atoms with van der Waals surface area (Å²) in [5, 5.41) is 2.42. The Balaban J connectivity index is 2.52. The van der Waals surface area contributed by atoms with Gasteiger partial charge in [0.1, 0.15) is 0 Å². The number of ketones is 1. The molecule has 0 amide bonds. The Morgan fingerprint density at radius 2 is 2.40 bits per heavy atom. The van der Waals surface area contributed by atoms with Crippen LogP contribution in [0, 0.1) is 5.92 Å². The minimum atomic E-state index is 0.275. The summed E-state index contributed by atoms with van der Waals surface area (Å²) in [6.45, 7) is 4.31. The smallest absolute Gasteiger partial charge is 0.157 e. The van der Waals surface area contributed by atoms with Crippen molar-refractivity contribution in [1.29, 1.82) is 0 Å². The van der Waals surface area contributed by atoms with E-state index in [0.29, 0.717) is 11.2 Å². The van der Waals surface area contributed by atoms with Gasteiger partial charge in [-0.3, -0.25) is 4.79 Å². The van der Waals surface area contributed by atoms with Crippen molar-refractivity contribution in [2.24, 2.45) is 5.92 Å². The fourth-order valence-corrected chi connectivity index (χ4v) is 1.93. The highest BCUT2D eigenvalue weighted by Gasteiger charge is 2.18. The summed E-state index contributed by atoms with van der Waals surface area (Å²) in [4.78, 5) is 10.9. The van der Waals surface area contributed by atoms with Crippen LogP contribution in [0.4, 0.5) is 0 Å². The Morgan fingerprint density at radius 3 is 2.80 bits per heavy atom. The average molecular weight is 156 g/mol. The SMILES string of the molecule is CC(C)C1CC(=O)C=CS1. The van der Waals surface area contributed by atoms with E-state index < -0.39 is 0 Å². The Kier molecular flexibility index (Phi) is 2.55. The van der Waals surface area contributed by atoms with Gasteiger partial charge in [0, 0.05) is 11.7 Å². The van der Waals surface area contributed by atoms with E-state index in [-0.39, 0.29) is 5.78 Å². The second kappa shape index (κ2) is 3.24. The summed E-state index contributed by atoms with van der Waals surface area (Å²) in [7, 11) is 0. The third-order valence-electron chi connectivity index (χ3n) is 1.65. The molecule has 1 heterocycles. The van der Waals surface area contributed by atoms with Gasteiger partial charge in [-0.2, -0.15) is 0 Å². The van der Waals surface area contributed by atoms with Gasteiger partial charge in [-0.15, -0.1) is 11.8 Å². The van der Waals surface area contributed by atoms with E-state index in [1.807, 2.05) is 5.41 Å². The first-order chi connectivity index (χ1) is 4.70. The van der Waals surface area contributed by atoms with Gasteiger partial charge in [0.2, 0.25) is 0 Å². The van der Waals surface area contributed by atoms with E-state index in [2.05, 4.69) is 13.8 Å². The largest absolute Gasteiger partial charge is 0.295 e. The Bertz CT molecular complexity index is 161. The van der Waals surface area contributed by atoms with Crippen LogP contribution in [-0.4, -0.2) is 11.0 Å². The lowest BCUT2D eigenvalue weighted by atomic mass is 10.0. The van der Waals surface area contributed by atoms with Gasteiger partial charge in [-0.25, -0.2) is 0 Å². The highest BCUT2D eigenvalue weighted by Crippen LogP contribution is 2.27. The maximum atomic E-state index is 10.9. The lowest BCUT2D eigenvalue weighted by molar-refractivity contribution is -0.114. The minimum absolute atomic E-state index is 0.275. The minimum Gasteiger partial charge on any atom is -0.295 e. The summed E-state index contributed by atoms with van der Waals surface area (Å²) >= 11 is 1.77. The van der Waals surface area contributed by atoms with Crippen molar-refractivity contribution in [2.75, 3.05) is 0 Å². The molecule has 0 saturated carbocycles. The zero-order valence-corrected chi connectivity index (χ0v) is 7.15. The van der Waals surface area contributed by atoms with Crippen LogP contribution in [0.2, 0.25) is 0 Å². The second-order valence-electron chi connectivity index (χ2n) is 2.89. The molecule has 1 atom stereocenters. The standard InChI is InChI=1S/C8H12OS/c1-6(2)8-5-7(9)3-4-10-8/h3-4,6,8H,5H2,1-2H3. The topological polar surface area (TPSA) is 17.1 Å². The maximum absolute atomic E-state index is 10.9. The number of hydrogen-bond donors (Lipinski definition) is 0. The van der Waals surface area contributed by atoms with E-state index >= 15 is 0 Å². The van der Waals surface area contributed by atoms with Gasteiger partial charge in [0.15, 0.2) is 5.78 Å². The molecule has 10 heavy (non-hydrogen) atoms. The molecule has 0 aromatic rings. The van der Waals surface area contributed by atoms with Crippen LogP contribution in [0.15, 0.2) is 11.5 Å². The number of carbonyl (C=O) groups excluding carboxylic acids is 1. The van der Waals surface area contributed by atoms with Crippen LogP contribution in [0.25, 0.3) is 0 Å². The molecule has 1 aliphatic heterocycles. The van der Waals surface area contributed by atoms with Crippen LogP contribution in [-0.2, 0) is 4.79 Å². The van der Waals surface area contributed by atoms with Crippen LogP contribution < -0.4 is 0 Å². The molecule has 0 aromatic carbocycles. The van der Waals surface area contributed by atoms with Crippen molar-refractivity contribution in [3.63, 3.8) is 0 Å². The van der Waals surface area contributed by atoms with Gasteiger partial charge in [-0.05, 0) is 17.4 Å². The predicted octanol–water partition coefficient (Wildman–Crippen LogP) is 2.23. The van der Waals surface area contributed by atoms with Crippen molar-refractivity contribution >= 4 is 17.5 Å². The number of carbonyl (C=O) groups is 1. The number of allylic oxidation sites excluding steroid dienone is 1. The highest BCUT2D eigenvalue weighted by atomic mass is 32.2. The van der Waals surface area contributed by atoms with Gasteiger partial charge in [-0.1, -0.05) is 13.8 Å².